The van der Waals surface area contributed by atoms with Crippen molar-refractivity contribution in [3.63, 3.8) is 0 Å². The number of aryl methyl sites for hydroxylation is 1. The van der Waals surface area contributed by atoms with Crippen LogP contribution >= 0.6 is 0 Å². The van der Waals surface area contributed by atoms with Crippen molar-refractivity contribution in [2.24, 2.45) is 0 Å². The second-order valence-electron chi connectivity index (χ2n) is 3.94. The lowest BCUT2D eigenvalue weighted by Crippen LogP contribution is -1.95. The van der Waals surface area contributed by atoms with E-state index in [2.05, 4.69) is 15.6 Å². The second kappa shape index (κ2) is 5.45. The zero-order valence-electron chi connectivity index (χ0n) is 9.30. The molecule has 2 rings (SSSR count). The van der Waals surface area contributed by atoms with Gasteiger partial charge in [0.1, 0.15) is 6.29 Å². The number of nitrogens with zero attached hydrogens (tertiary/aromatic N) is 2. The number of hydrogen-bond acceptors (Lipinski definition) is 2. The lowest BCUT2D eigenvalue weighted by molar-refractivity contribution is -0.107. The highest BCUT2D eigenvalue weighted by atomic mass is 16.1. The maximum Gasteiger partial charge on any atom is 0.119 e. The van der Waals surface area contributed by atoms with Gasteiger partial charge in [-0.3, -0.25) is 0 Å². The summed E-state index contributed by atoms with van der Waals surface area (Å²) in [5, 5.41) is 0. The first-order valence-corrected chi connectivity index (χ1v) is 5.75. The first-order valence-electron chi connectivity index (χ1n) is 5.75. The van der Waals surface area contributed by atoms with Gasteiger partial charge in [-0.05, 0) is 25.0 Å². The molecule has 0 unspecified atom stereocenters. The molecule has 0 N–H and O–H groups in total. The molecule has 0 aliphatic heterocycles. The maximum atomic E-state index is 10.2. The zero-order chi connectivity index (χ0) is 11.2. The molecular weight excluding hydrogens is 200 g/mol. The standard InChI is InChI=1S/C13H16N2O/c16-10-6-2-1-5-9-15-11-14-12-7-3-4-8-13(12)15/h3-4,7-8,10-11H,1-2,5-6,9H2. The molecule has 2 aromatic rings. The molecule has 0 saturated carbocycles. The fourth-order valence-corrected chi connectivity index (χ4v) is 1.88. The summed E-state index contributed by atoms with van der Waals surface area (Å²) >= 11 is 0. The number of carbonyl (C=O) groups excluding carboxylic acids is 1. The second-order valence-corrected chi connectivity index (χ2v) is 3.94. The molecule has 3 nitrogen and oxygen atoms in total. The summed E-state index contributed by atoms with van der Waals surface area (Å²) in [6.07, 6.45) is 6.78. The number of para-hydroxylation sites is 2. The summed E-state index contributed by atoms with van der Waals surface area (Å²) in [4.78, 5) is 14.5. The molecule has 0 atom stereocenters. The third-order valence-electron chi connectivity index (χ3n) is 2.75. The Morgan fingerprint density at radius 1 is 1.19 bits per heavy atom. The van der Waals surface area contributed by atoms with Gasteiger partial charge in [-0.25, -0.2) is 4.98 Å². The summed E-state index contributed by atoms with van der Waals surface area (Å²) in [5.74, 6) is 0. The number of rotatable bonds is 6. The minimum absolute atomic E-state index is 0.685. The largest absolute Gasteiger partial charge is 0.331 e. The van der Waals surface area contributed by atoms with Gasteiger partial charge in [0, 0.05) is 13.0 Å². The van der Waals surface area contributed by atoms with Crippen molar-refractivity contribution in [1.82, 2.24) is 9.55 Å². The van der Waals surface area contributed by atoms with Gasteiger partial charge in [0.2, 0.25) is 0 Å². The van der Waals surface area contributed by atoms with Gasteiger partial charge in [0.15, 0.2) is 0 Å². The summed E-state index contributed by atoms with van der Waals surface area (Å²) in [6, 6.07) is 8.16. The third-order valence-corrected chi connectivity index (χ3v) is 2.75. The van der Waals surface area contributed by atoms with Crippen LogP contribution < -0.4 is 0 Å². The Balaban J connectivity index is 1.91. The van der Waals surface area contributed by atoms with E-state index in [0.717, 1.165) is 37.6 Å². The smallest absolute Gasteiger partial charge is 0.119 e. The van der Waals surface area contributed by atoms with Crippen LogP contribution in [0.5, 0.6) is 0 Å². The Labute approximate surface area is 95.1 Å². The van der Waals surface area contributed by atoms with E-state index in [9.17, 15) is 4.79 Å². The van der Waals surface area contributed by atoms with Crippen molar-refractivity contribution in [3.05, 3.63) is 30.6 Å². The average molecular weight is 216 g/mol. The van der Waals surface area contributed by atoms with E-state index >= 15 is 0 Å². The predicted molar refractivity (Wildman–Crippen MR) is 64.3 cm³/mol. The molecular formula is C13H16N2O. The number of carbonyl (C=O) groups is 1. The van der Waals surface area contributed by atoms with E-state index in [4.69, 9.17) is 0 Å². The van der Waals surface area contributed by atoms with Gasteiger partial charge in [0.05, 0.1) is 17.4 Å². The van der Waals surface area contributed by atoms with Crippen LogP contribution in [0, 0.1) is 0 Å². The third kappa shape index (κ3) is 2.48. The summed E-state index contributed by atoms with van der Waals surface area (Å²) in [6.45, 7) is 0.985. The number of unbranched alkanes of at least 4 members (excludes halogenated alkanes) is 3. The van der Waals surface area contributed by atoms with Crippen LogP contribution in [-0.4, -0.2) is 15.8 Å². The van der Waals surface area contributed by atoms with E-state index in [0.29, 0.717) is 6.42 Å². The molecule has 0 saturated heterocycles. The first kappa shape index (κ1) is 10.9. The minimum Gasteiger partial charge on any atom is -0.331 e. The Hall–Kier alpha value is -1.64. The van der Waals surface area contributed by atoms with Crippen molar-refractivity contribution >= 4 is 17.3 Å². The van der Waals surface area contributed by atoms with Crippen LogP contribution in [0.4, 0.5) is 0 Å². The zero-order valence-corrected chi connectivity index (χ0v) is 9.30. The van der Waals surface area contributed by atoms with Crippen molar-refractivity contribution in [3.8, 4) is 0 Å². The number of fused-ring (bicyclic) bond motifs is 1. The highest BCUT2D eigenvalue weighted by molar-refractivity contribution is 5.74. The van der Waals surface area contributed by atoms with E-state index in [1.54, 1.807) is 0 Å². The topological polar surface area (TPSA) is 34.9 Å². The monoisotopic (exact) mass is 216 g/mol. The van der Waals surface area contributed by atoms with Gasteiger partial charge in [0.25, 0.3) is 0 Å². The summed E-state index contributed by atoms with van der Waals surface area (Å²) in [5.41, 5.74) is 2.24. The first-order chi connectivity index (χ1) is 7.92. The Bertz CT molecular complexity index is 462. The highest BCUT2D eigenvalue weighted by Gasteiger charge is 2.00. The quantitative estimate of drug-likeness (QED) is 0.549. The lowest BCUT2D eigenvalue weighted by Gasteiger charge is -2.03. The highest BCUT2D eigenvalue weighted by Crippen LogP contribution is 2.12. The molecule has 16 heavy (non-hydrogen) atoms. The summed E-state index contributed by atoms with van der Waals surface area (Å²) < 4.78 is 2.18. The van der Waals surface area contributed by atoms with Crippen LogP contribution in [-0.2, 0) is 11.3 Å². The molecule has 84 valence electrons. The van der Waals surface area contributed by atoms with Crippen LogP contribution in [0.3, 0.4) is 0 Å². The molecule has 0 bridgehead atoms. The molecule has 0 aliphatic rings. The molecule has 1 heterocycles. The van der Waals surface area contributed by atoms with E-state index in [1.165, 1.54) is 5.52 Å². The van der Waals surface area contributed by atoms with Crippen molar-refractivity contribution < 1.29 is 4.79 Å². The normalized spacial score (nSPS) is 10.8. The van der Waals surface area contributed by atoms with Gasteiger partial charge >= 0.3 is 0 Å². The Kier molecular flexibility index (Phi) is 3.70. The van der Waals surface area contributed by atoms with E-state index in [-0.39, 0.29) is 0 Å². The van der Waals surface area contributed by atoms with Crippen molar-refractivity contribution in [1.29, 1.82) is 0 Å². The number of benzene rings is 1. The molecule has 0 amide bonds. The van der Waals surface area contributed by atoms with Gasteiger partial charge in [-0.2, -0.15) is 0 Å². The van der Waals surface area contributed by atoms with Crippen LogP contribution in [0.2, 0.25) is 0 Å². The van der Waals surface area contributed by atoms with Gasteiger partial charge in [-0.1, -0.05) is 18.6 Å². The van der Waals surface area contributed by atoms with Crippen molar-refractivity contribution in [2.45, 2.75) is 32.2 Å². The number of aldehydes is 1. The molecule has 1 aromatic carbocycles. The SMILES string of the molecule is O=CCCCCCn1cnc2ccccc21. The van der Waals surface area contributed by atoms with Crippen LogP contribution in [0.15, 0.2) is 30.6 Å². The van der Waals surface area contributed by atoms with Gasteiger partial charge in [-0.15, -0.1) is 0 Å². The lowest BCUT2D eigenvalue weighted by atomic mass is 10.2. The van der Waals surface area contributed by atoms with E-state index < -0.39 is 0 Å². The molecule has 0 aliphatic carbocycles. The van der Waals surface area contributed by atoms with E-state index in [1.807, 2.05) is 24.5 Å². The van der Waals surface area contributed by atoms with Gasteiger partial charge < -0.3 is 9.36 Å². The minimum atomic E-state index is 0.685. The average Bonchev–Trinajstić information content (AvgIpc) is 2.73. The molecule has 0 radical (unpaired) electrons. The van der Waals surface area contributed by atoms with Crippen molar-refractivity contribution in [2.75, 3.05) is 0 Å². The molecule has 1 aromatic heterocycles. The fraction of sp³-hybridized carbons (Fsp3) is 0.385. The molecule has 3 heteroatoms. The molecule has 0 spiro atoms. The summed E-state index contributed by atoms with van der Waals surface area (Å²) in [7, 11) is 0. The van der Waals surface area contributed by atoms with Crippen LogP contribution in [0.25, 0.3) is 11.0 Å². The number of aromatic nitrogens is 2. The molecule has 0 fully saturated rings. The fourth-order valence-electron chi connectivity index (χ4n) is 1.88. The Morgan fingerprint density at radius 2 is 2.06 bits per heavy atom. The predicted octanol–water partition coefficient (Wildman–Crippen LogP) is 2.80. The maximum absolute atomic E-state index is 10.2. The number of hydrogen-bond donors (Lipinski definition) is 0. The van der Waals surface area contributed by atoms with Crippen LogP contribution in [0.1, 0.15) is 25.7 Å². The Morgan fingerprint density at radius 3 is 2.94 bits per heavy atom. The number of imidazole rings is 1.